The molecule has 26 heavy (non-hydrogen) atoms. The smallest absolute Gasteiger partial charge is 0.256 e. The number of hydrogen-bond donors (Lipinski definition) is 0. The number of carbonyl (C=O) groups is 1. The molecule has 4 rings (SSSR count). The van der Waals surface area contributed by atoms with Crippen molar-refractivity contribution >= 4 is 16.8 Å². The van der Waals surface area contributed by atoms with E-state index in [1.807, 2.05) is 53.6 Å². The van der Waals surface area contributed by atoms with Gasteiger partial charge in [0.05, 0.1) is 17.2 Å². The number of aromatic nitrogens is 1. The highest BCUT2D eigenvalue weighted by molar-refractivity contribution is 6.07. The average molecular weight is 343 g/mol. The number of carbonyl (C=O) groups excluding carboxylic acids is 1. The van der Waals surface area contributed by atoms with Crippen molar-refractivity contribution in [3.8, 4) is 6.07 Å². The molecule has 0 atom stereocenters. The van der Waals surface area contributed by atoms with E-state index in [4.69, 9.17) is 5.26 Å². The highest BCUT2D eigenvalue weighted by Gasteiger charge is 2.34. The van der Waals surface area contributed by atoms with Gasteiger partial charge in [0.15, 0.2) is 0 Å². The predicted octanol–water partition coefficient (Wildman–Crippen LogP) is 4.34. The van der Waals surface area contributed by atoms with E-state index in [0.717, 1.165) is 41.4 Å². The molecule has 3 aromatic rings. The molecule has 130 valence electrons. The molecule has 2 aromatic carbocycles. The van der Waals surface area contributed by atoms with Gasteiger partial charge in [0.2, 0.25) is 0 Å². The second-order valence-electron chi connectivity index (χ2n) is 6.82. The standard InChI is InChI=1S/C22H21N3O/c1-2-24-15-20(19-5-3-4-6-21(19)24)22(26)25(18-11-12-18)14-17-9-7-16(13-23)8-10-17/h3-10,15,18H,2,11-12,14H2,1H3. The van der Waals surface area contributed by atoms with E-state index in [-0.39, 0.29) is 5.91 Å². The number of hydrogen-bond acceptors (Lipinski definition) is 2. The third-order valence-corrected chi connectivity index (χ3v) is 5.04. The topological polar surface area (TPSA) is 49.0 Å². The van der Waals surface area contributed by atoms with Crippen LogP contribution in [0.15, 0.2) is 54.7 Å². The Bertz CT molecular complexity index is 990. The lowest BCUT2D eigenvalue weighted by molar-refractivity contribution is 0.0731. The summed E-state index contributed by atoms with van der Waals surface area (Å²) in [6.45, 7) is 3.52. The fourth-order valence-corrected chi connectivity index (χ4v) is 3.47. The predicted molar refractivity (Wildman–Crippen MR) is 102 cm³/mol. The maximum Gasteiger partial charge on any atom is 0.256 e. The number of amides is 1. The van der Waals surface area contributed by atoms with Gasteiger partial charge in [0, 0.05) is 36.2 Å². The summed E-state index contributed by atoms with van der Waals surface area (Å²) in [7, 11) is 0. The minimum absolute atomic E-state index is 0.0975. The lowest BCUT2D eigenvalue weighted by Crippen LogP contribution is -2.32. The van der Waals surface area contributed by atoms with Crippen LogP contribution in [0.1, 0.15) is 41.3 Å². The Morgan fingerprint density at radius 3 is 2.58 bits per heavy atom. The van der Waals surface area contributed by atoms with E-state index in [0.29, 0.717) is 18.2 Å². The van der Waals surface area contributed by atoms with Gasteiger partial charge < -0.3 is 9.47 Å². The summed E-state index contributed by atoms with van der Waals surface area (Å²) < 4.78 is 2.13. The number of aryl methyl sites for hydroxylation is 1. The summed E-state index contributed by atoms with van der Waals surface area (Å²) in [5.41, 5.74) is 3.59. The van der Waals surface area contributed by atoms with E-state index in [2.05, 4.69) is 23.6 Å². The van der Waals surface area contributed by atoms with Crippen molar-refractivity contribution in [1.82, 2.24) is 9.47 Å². The van der Waals surface area contributed by atoms with Crippen LogP contribution in [0.25, 0.3) is 10.9 Å². The average Bonchev–Trinajstić information content (AvgIpc) is 3.46. The molecule has 1 saturated carbocycles. The van der Waals surface area contributed by atoms with Crippen molar-refractivity contribution < 1.29 is 4.79 Å². The molecule has 0 radical (unpaired) electrons. The molecule has 0 aliphatic heterocycles. The summed E-state index contributed by atoms with van der Waals surface area (Å²) in [6.07, 6.45) is 4.12. The molecule has 4 heteroatoms. The highest BCUT2D eigenvalue weighted by atomic mass is 16.2. The normalized spacial score (nSPS) is 13.5. The summed E-state index contributed by atoms with van der Waals surface area (Å²) in [6, 6.07) is 18.1. The van der Waals surface area contributed by atoms with Gasteiger partial charge >= 0.3 is 0 Å². The Morgan fingerprint density at radius 1 is 1.19 bits per heavy atom. The Hall–Kier alpha value is -3.06. The minimum atomic E-state index is 0.0975. The van der Waals surface area contributed by atoms with Gasteiger partial charge in [-0.15, -0.1) is 0 Å². The van der Waals surface area contributed by atoms with Gasteiger partial charge in [-0.05, 0) is 43.5 Å². The van der Waals surface area contributed by atoms with E-state index in [1.165, 1.54) is 0 Å². The first-order valence-electron chi connectivity index (χ1n) is 9.09. The molecule has 0 N–H and O–H groups in total. The van der Waals surface area contributed by atoms with E-state index >= 15 is 0 Å². The lowest BCUT2D eigenvalue weighted by atomic mass is 10.1. The van der Waals surface area contributed by atoms with Crippen LogP contribution in [0, 0.1) is 11.3 Å². The van der Waals surface area contributed by atoms with Gasteiger partial charge in [-0.25, -0.2) is 0 Å². The van der Waals surface area contributed by atoms with Crippen molar-refractivity contribution in [2.24, 2.45) is 0 Å². The maximum atomic E-state index is 13.4. The monoisotopic (exact) mass is 343 g/mol. The molecule has 0 spiro atoms. The molecular weight excluding hydrogens is 322 g/mol. The van der Waals surface area contributed by atoms with E-state index < -0.39 is 0 Å². The van der Waals surface area contributed by atoms with Crippen LogP contribution < -0.4 is 0 Å². The summed E-state index contributed by atoms with van der Waals surface area (Å²) >= 11 is 0. The van der Waals surface area contributed by atoms with Crippen molar-refractivity contribution in [2.75, 3.05) is 0 Å². The molecule has 1 aliphatic rings. The zero-order valence-electron chi connectivity index (χ0n) is 14.9. The van der Waals surface area contributed by atoms with Gasteiger partial charge in [0.25, 0.3) is 5.91 Å². The first kappa shape index (κ1) is 16.4. The fraction of sp³-hybridized carbons (Fsp3) is 0.273. The van der Waals surface area contributed by atoms with Crippen LogP contribution >= 0.6 is 0 Å². The number of nitrogens with zero attached hydrogens (tertiary/aromatic N) is 3. The Balaban J connectivity index is 1.67. The molecule has 4 nitrogen and oxygen atoms in total. The van der Waals surface area contributed by atoms with Gasteiger partial charge in [-0.1, -0.05) is 30.3 Å². The van der Waals surface area contributed by atoms with E-state index in [1.54, 1.807) is 0 Å². The second kappa shape index (κ2) is 6.68. The first-order chi connectivity index (χ1) is 12.7. The first-order valence-corrected chi connectivity index (χ1v) is 9.09. The number of fused-ring (bicyclic) bond motifs is 1. The summed E-state index contributed by atoms with van der Waals surface area (Å²) in [5.74, 6) is 0.0975. The van der Waals surface area contributed by atoms with E-state index in [9.17, 15) is 4.79 Å². The number of benzene rings is 2. The van der Waals surface area contributed by atoms with Gasteiger partial charge in [-0.2, -0.15) is 5.26 Å². The van der Waals surface area contributed by atoms with Crippen molar-refractivity contribution in [1.29, 1.82) is 5.26 Å². The number of rotatable bonds is 5. The zero-order valence-corrected chi connectivity index (χ0v) is 14.9. The van der Waals surface area contributed by atoms with Crippen LogP contribution in [0.3, 0.4) is 0 Å². The number of nitriles is 1. The highest BCUT2D eigenvalue weighted by Crippen LogP contribution is 2.32. The second-order valence-corrected chi connectivity index (χ2v) is 6.82. The Labute approximate surface area is 153 Å². The lowest BCUT2D eigenvalue weighted by Gasteiger charge is -2.22. The molecule has 1 aromatic heterocycles. The third-order valence-electron chi connectivity index (χ3n) is 5.04. The van der Waals surface area contributed by atoms with Gasteiger partial charge in [0.1, 0.15) is 0 Å². The SMILES string of the molecule is CCn1cc(C(=O)N(Cc2ccc(C#N)cc2)C2CC2)c2ccccc21. The van der Waals surface area contributed by atoms with Crippen LogP contribution in [0.4, 0.5) is 0 Å². The molecule has 0 unspecified atom stereocenters. The molecule has 0 bridgehead atoms. The molecule has 1 fully saturated rings. The maximum absolute atomic E-state index is 13.4. The van der Waals surface area contributed by atoms with Crippen LogP contribution in [-0.4, -0.2) is 21.4 Å². The third kappa shape index (κ3) is 2.97. The Morgan fingerprint density at radius 2 is 1.92 bits per heavy atom. The molecule has 1 aliphatic carbocycles. The van der Waals surface area contributed by atoms with Crippen LogP contribution in [0.2, 0.25) is 0 Å². The quantitative estimate of drug-likeness (QED) is 0.692. The molecule has 0 saturated heterocycles. The number of para-hydroxylation sites is 1. The summed E-state index contributed by atoms with van der Waals surface area (Å²) in [4.78, 5) is 15.3. The van der Waals surface area contributed by atoms with Crippen LogP contribution in [-0.2, 0) is 13.1 Å². The molecular formula is C22H21N3O. The Kier molecular flexibility index (Phi) is 4.22. The summed E-state index contributed by atoms with van der Waals surface area (Å²) in [5, 5.41) is 9.97. The zero-order chi connectivity index (χ0) is 18.1. The fourth-order valence-electron chi connectivity index (χ4n) is 3.47. The molecule has 1 heterocycles. The minimum Gasteiger partial charge on any atom is -0.347 e. The van der Waals surface area contributed by atoms with Crippen LogP contribution in [0.5, 0.6) is 0 Å². The molecule has 1 amide bonds. The van der Waals surface area contributed by atoms with Crippen molar-refractivity contribution in [3.05, 3.63) is 71.4 Å². The van der Waals surface area contributed by atoms with Crippen molar-refractivity contribution in [3.63, 3.8) is 0 Å². The van der Waals surface area contributed by atoms with Crippen molar-refractivity contribution in [2.45, 2.75) is 38.9 Å². The van der Waals surface area contributed by atoms with Gasteiger partial charge in [-0.3, -0.25) is 4.79 Å². The largest absolute Gasteiger partial charge is 0.347 e.